The fraction of sp³-hybridized carbons (Fsp3) is 0.529. The Morgan fingerprint density at radius 1 is 0.667 bits per heavy atom. The van der Waals surface area contributed by atoms with E-state index in [2.05, 4.69) is 84.1 Å². The first kappa shape index (κ1) is 15.2. The number of hydrogen-bond acceptors (Lipinski definition) is 0. The van der Waals surface area contributed by atoms with E-state index in [1.807, 2.05) is 0 Å². The minimum absolute atomic E-state index is 0.769. The normalized spacial score (nSPS) is 16.4. The van der Waals surface area contributed by atoms with Crippen LogP contribution in [0.5, 0.6) is 0 Å². The van der Waals surface area contributed by atoms with Crippen LogP contribution in [0.4, 0.5) is 0 Å². The molecule has 1 aliphatic carbocycles. The summed E-state index contributed by atoms with van der Waals surface area (Å²) in [4.78, 5) is 0. The van der Waals surface area contributed by atoms with Crippen molar-refractivity contribution in [2.45, 2.75) is 58.2 Å². The quantitative estimate of drug-likeness (QED) is 0.559. The Balaban J connectivity index is 3.34. The number of allylic oxidation sites excluding steroid dienone is 8. The summed E-state index contributed by atoms with van der Waals surface area (Å²) in [6, 6.07) is 0. The summed E-state index contributed by atoms with van der Waals surface area (Å²) in [6.45, 7) is 14.5. The van der Waals surface area contributed by atoms with Gasteiger partial charge in [-0.2, -0.15) is 0 Å². The first-order valence-corrected chi connectivity index (χ1v) is 9.39. The van der Waals surface area contributed by atoms with E-state index >= 15 is 0 Å². The summed E-state index contributed by atoms with van der Waals surface area (Å²) < 4.78 is 0. The lowest BCUT2D eigenvalue weighted by atomic mass is 10.3. The van der Waals surface area contributed by atoms with Gasteiger partial charge < -0.3 is 0 Å². The van der Waals surface area contributed by atoms with Gasteiger partial charge in [-0.15, -0.1) is 0 Å². The molecular weight excluding hydrogens is 232 g/mol. The van der Waals surface area contributed by atoms with Crippen molar-refractivity contribution in [2.24, 2.45) is 0 Å². The molecule has 0 unspecified atom stereocenters. The van der Waals surface area contributed by atoms with Gasteiger partial charge in [0.05, 0.1) is 8.07 Å². The van der Waals surface area contributed by atoms with E-state index < -0.39 is 8.07 Å². The van der Waals surface area contributed by atoms with E-state index in [1.165, 1.54) is 0 Å². The molecule has 0 radical (unpaired) electrons. The van der Waals surface area contributed by atoms with Crippen LogP contribution in [0, 0.1) is 0 Å². The molecule has 0 nitrogen and oxygen atoms in total. The monoisotopic (exact) mass is 260 g/mol. The predicted octanol–water partition coefficient (Wildman–Crippen LogP) is 5.81. The van der Waals surface area contributed by atoms with Crippen LogP contribution in [0.25, 0.3) is 0 Å². The predicted molar refractivity (Wildman–Crippen MR) is 86.6 cm³/mol. The highest BCUT2D eigenvalue weighted by Gasteiger charge is 2.44. The summed E-state index contributed by atoms with van der Waals surface area (Å²) in [5, 5.41) is 1.60. The van der Waals surface area contributed by atoms with E-state index in [9.17, 15) is 0 Å². The van der Waals surface area contributed by atoms with Crippen LogP contribution in [-0.2, 0) is 0 Å². The highest BCUT2D eigenvalue weighted by molar-refractivity contribution is 6.90. The Labute approximate surface area is 114 Å². The van der Waals surface area contributed by atoms with Crippen molar-refractivity contribution in [3.05, 3.63) is 47.7 Å². The summed E-state index contributed by atoms with van der Waals surface area (Å²) in [5.41, 5.74) is 2.31. The van der Waals surface area contributed by atoms with Gasteiger partial charge in [0, 0.05) is 0 Å². The topological polar surface area (TPSA) is 0 Å². The lowest BCUT2D eigenvalue weighted by Crippen LogP contribution is -2.46. The standard InChI is InChI=1S/C17H28Si/c1-14(2)18(15(3)4,16(5)6)17-12-10-8-7-9-11-13-17/h7-16H,1-6H3. The lowest BCUT2D eigenvalue weighted by molar-refractivity contribution is 0.827. The lowest BCUT2D eigenvalue weighted by Gasteiger charge is -2.44. The van der Waals surface area contributed by atoms with Gasteiger partial charge in [-0.1, -0.05) is 89.3 Å². The molecule has 18 heavy (non-hydrogen) atoms. The summed E-state index contributed by atoms with van der Waals surface area (Å²) in [6.07, 6.45) is 15.5. The van der Waals surface area contributed by atoms with Crippen molar-refractivity contribution in [2.75, 3.05) is 0 Å². The molecule has 0 aromatic heterocycles. The summed E-state index contributed by atoms with van der Waals surface area (Å²) >= 11 is 0. The Bertz CT molecular complexity index is 357. The molecule has 1 aliphatic rings. The van der Waals surface area contributed by atoms with Gasteiger partial charge in [-0.05, 0) is 16.6 Å². The maximum atomic E-state index is 2.42. The zero-order valence-electron chi connectivity index (χ0n) is 12.8. The molecule has 0 saturated heterocycles. The van der Waals surface area contributed by atoms with E-state index in [0.29, 0.717) is 0 Å². The van der Waals surface area contributed by atoms with Crippen LogP contribution in [0.3, 0.4) is 0 Å². The highest BCUT2D eigenvalue weighted by atomic mass is 28.3. The molecule has 0 saturated carbocycles. The van der Waals surface area contributed by atoms with Crippen molar-refractivity contribution in [3.8, 4) is 0 Å². The van der Waals surface area contributed by atoms with Gasteiger partial charge in [0.2, 0.25) is 0 Å². The molecule has 0 aromatic rings. The molecule has 0 aliphatic heterocycles. The minimum Gasteiger partial charge on any atom is -0.0648 e. The maximum Gasteiger partial charge on any atom is 0.0942 e. The fourth-order valence-corrected chi connectivity index (χ4v) is 10.6. The Kier molecular flexibility index (Phi) is 5.40. The summed E-state index contributed by atoms with van der Waals surface area (Å²) in [5.74, 6) is 0. The molecule has 0 fully saturated rings. The van der Waals surface area contributed by atoms with E-state index in [1.54, 1.807) is 5.20 Å². The molecule has 0 N–H and O–H groups in total. The molecule has 1 rings (SSSR count). The smallest absolute Gasteiger partial charge is 0.0648 e. The number of rotatable bonds is 4. The van der Waals surface area contributed by atoms with E-state index in [-0.39, 0.29) is 0 Å². The average Bonchev–Trinajstić information content (AvgIpc) is 2.19. The van der Waals surface area contributed by atoms with Crippen molar-refractivity contribution >= 4 is 8.07 Å². The van der Waals surface area contributed by atoms with Crippen LogP contribution < -0.4 is 0 Å². The van der Waals surface area contributed by atoms with Gasteiger partial charge in [0.1, 0.15) is 0 Å². The number of hydrogen-bond donors (Lipinski definition) is 0. The van der Waals surface area contributed by atoms with Gasteiger partial charge in [0.15, 0.2) is 0 Å². The molecule has 1 heteroatoms. The van der Waals surface area contributed by atoms with Gasteiger partial charge >= 0.3 is 0 Å². The molecule has 0 aromatic carbocycles. The van der Waals surface area contributed by atoms with Crippen molar-refractivity contribution in [1.82, 2.24) is 0 Å². The third kappa shape index (κ3) is 2.77. The van der Waals surface area contributed by atoms with Gasteiger partial charge in [0.25, 0.3) is 0 Å². The van der Waals surface area contributed by atoms with Crippen molar-refractivity contribution in [3.63, 3.8) is 0 Å². The van der Waals surface area contributed by atoms with Crippen molar-refractivity contribution in [1.29, 1.82) is 0 Å². The second-order valence-corrected chi connectivity index (χ2v) is 12.1. The second kappa shape index (κ2) is 6.37. The molecule has 0 heterocycles. The second-order valence-electron chi connectivity index (χ2n) is 6.15. The Morgan fingerprint density at radius 2 is 1.11 bits per heavy atom. The first-order valence-electron chi connectivity index (χ1n) is 7.16. The summed E-state index contributed by atoms with van der Waals surface area (Å²) in [7, 11) is -1.49. The van der Waals surface area contributed by atoms with Crippen LogP contribution in [0.1, 0.15) is 41.5 Å². The molecule has 0 spiro atoms. The molecule has 0 atom stereocenters. The SMILES string of the molecule is CC(C)[Si](C1=CC=CC=CC=C1)(C(C)C)C(C)C. The molecule has 0 amide bonds. The molecule has 0 bridgehead atoms. The average molecular weight is 260 g/mol. The van der Waals surface area contributed by atoms with Crippen LogP contribution in [-0.4, -0.2) is 8.07 Å². The maximum absolute atomic E-state index is 2.42. The zero-order chi connectivity index (χ0) is 13.8. The van der Waals surface area contributed by atoms with Crippen LogP contribution in [0.15, 0.2) is 47.7 Å². The highest BCUT2D eigenvalue weighted by Crippen LogP contribution is 2.46. The fourth-order valence-electron chi connectivity index (χ4n) is 3.86. The first-order chi connectivity index (χ1) is 8.44. The third-order valence-electron chi connectivity index (χ3n) is 4.36. The van der Waals surface area contributed by atoms with E-state index in [4.69, 9.17) is 0 Å². The van der Waals surface area contributed by atoms with Crippen LogP contribution in [0.2, 0.25) is 16.6 Å². The third-order valence-corrected chi connectivity index (χ3v) is 11.4. The largest absolute Gasteiger partial charge is 0.0942 e. The Morgan fingerprint density at radius 3 is 1.61 bits per heavy atom. The van der Waals surface area contributed by atoms with E-state index in [0.717, 1.165) is 16.6 Å². The van der Waals surface area contributed by atoms with Gasteiger partial charge in [-0.3, -0.25) is 0 Å². The minimum atomic E-state index is -1.49. The zero-order valence-corrected chi connectivity index (χ0v) is 13.8. The van der Waals surface area contributed by atoms with Crippen LogP contribution >= 0.6 is 0 Å². The van der Waals surface area contributed by atoms with Crippen molar-refractivity contribution < 1.29 is 0 Å². The van der Waals surface area contributed by atoms with Gasteiger partial charge in [-0.25, -0.2) is 0 Å². The molecular formula is C17H28Si. The Hall–Kier alpha value is -0.823. The molecule has 100 valence electrons.